The Bertz CT molecular complexity index is 499. The molecule has 1 heterocycles. The number of nitrogens with zero attached hydrogens (tertiary/aromatic N) is 3. The highest BCUT2D eigenvalue weighted by Crippen LogP contribution is 2.21. The molecule has 3 heteroatoms. The van der Waals surface area contributed by atoms with Crippen molar-refractivity contribution in [1.29, 1.82) is 0 Å². The molecule has 0 aromatic carbocycles. The Hall–Kier alpha value is -1.30. The Morgan fingerprint density at radius 1 is 1.00 bits per heavy atom. The van der Waals surface area contributed by atoms with E-state index < -0.39 is 0 Å². The number of rotatable bonds is 3. The van der Waals surface area contributed by atoms with Crippen molar-refractivity contribution in [2.24, 2.45) is 16.2 Å². The summed E-state index contributed by atoms with van der Waals surface area (Å²) in [6.07, 6.45) is 2.99. The summed E-state index contributed by atoms with van der Waals surface area (Å²) in [4.78, 5) is 0. The van der Waals surface area contributed by atoms with Crippen LogP contribution >= 0.6 is 0 Å². The van der Waals surface area contributed by atoms with Crippen LogP contribution in [0.3, 0.4) is 0 Å². The third-order valence-corrected chi connectivity index (χ3v) is 2.63. The molecule has 1 rings (SSSR count). The normalized spacial score (nSPS) is 13.0. The van der Waals surface area contributed by atoms with Crippen LogP contribution in [0.15, 0.2) is 6.20 Å². The van der Waals surface area contributed by atoms with E-state index in [1.165, 1.54) is 0 Å². The molecule has 0 aliphatic carbocycles. The van der Waals surface area contributed by atoms with Crippen LogP contribution in [-0.4, -0.2) is 15.0 Å². The fourth-order valence-electron chi connectivity index (χ4n) is 1.84. The maximum absolute atomic E-state index is 4.26. The first kappa shape index (κ1) is 16.8. The Kier molecular flexibility index (Phi) is 4.69. The molecule has 0 atom stereocenters. The molecule has 0 amide bonds. The molecule has 20 heavy (non-hydrogen) atoms. The third kappa shape index (κ3) is 6.75. The molecule has 0 spiro atoms. The zero-order valence-electron chi connectivity index (χ0n) is 14.3. The summed E-state index contributed by atoms with van der Waals surface area (Å²) in [6.45, 7) is 18.1. The molecule has 0 radical (unpaired) electrons. The van der Waals surface area contributed by atoms with Gasteiger partial charge in [0.25, 0.3) is 0 Å². The fourth-order valence-corrected chi connectivity index (χ4v) is 1.84. The molecule has 0 saturated carbocycles. The lowest BCUT2D eigenvalue weighted by molar-refractivity contribution is 0.381. The summed E-state index contributed by atoms with van der Waals surface area (Å²) in [6, 6.07) is 0. The number of aromatic nitrogens is 3. The van der Waals surface area contributed by atoms with Crippen molar-refractivity contribution in [3.63, 3.8) is 0 Å². The summed E-state index contributed by atoms with van der Waals surface area (Å²) in [5.74, 6) is 6.68. The SMILES string of the molecule is CC(C)(C)C#CC(C)(C)Cn1cc(CC(C)(C)C)nn1. The van der Waals surface area contributed by atoms with Crippen LogP contribution in [0.2, 0.25) is 0 Å². The van der Waals surface area contributed by atoms with Crippen LogP contribution in [0, 0.1) is 28.1 Å². The molecule has 0 unspecified atom stereocenters. The first-order valence-electron chi connectivity index (χ1n) is 7.30. The lowest BCUT2D eigenvalue weighted by atomic mass is 9.90. The van der Waals surface area contributed by atoms with Crippen LogP contribution in [-0.2, 0) is 13.0 Å². The second-order valence-electron chi connectivity index (χ2n) is 8.53. The minimum absolute atomic E-state index is 0.0387. The summed E-state index contributed by atoms with van der Waals surface area (Å²) in [5, 5.41) is 8.49. The average Bonchev–Trinajstić information content (AvgIpc) is 2.58. The second kappa shape index (κ2) is 5.60. The van der Waals surface area contributed by atoms with Gasteiger partial charge < -0.3 is 0 Å². The van der Waals surface area contributed by atoms with Gasteiger partial charge in [-0.25, -0.2) is 0 Å². The van der Waals surface area contributed by atoms with Crippen LogP contribution in [0.4, 0.5) is 0 Å². The van der Waals surface area contributed by atoms with Gasteiger partial charge in [-0.15, -0.1) is 5.10 Å². The maximum Gasteiger partial charge on any atom is 0.0832 e. The molecule has 0 aliphatic rings. The standard InChI is InChI=1S/C17H29N3/c1-15(2,3)9-10-17(7,8)13-20-12-14(18-19-20)11-16(4,5)6/h12H,11,13H2,1-8H3. The fraction of sp³-hybridized carbons (Fsp3) is 0.765. The van der Waals surface area contributed by atoms with E-state index in [0.29, 0.717) is 0 Å². The molecule has 1 aromatic rings. The van der Waals surface area contributed by atoms with Gasteiger partial charge in [0.05, 0.1) is 12.2 Å². The van der Waals surface area contributed by atoms with Gasteiger partial charge in [0, 0.05) is 17.0 Å². The van der Waals surface area contributed by atoms with E-state index in [4.69, 9.17) is 0 Å². The molecule has 0 fully saturated rings. The molecular weight excluding hydrogens is 246 g/mol. The summed E-state index contributed by atoms with van der Waals surface area (Å²) in [5.41, 5.74) is 1.23. The smallest absolute Gasteiger partial charge is 0.0832 e. The van der Waals surface area contributed by atoms with Gasteiger partial charge in [0.15, 0.2) is 0 Å². The van der Waals surface area contributed by atoms with Crippen molar-refractivity contribution in [1.82, 2.24) is 15.0 Å². The third-order valence-electron chi connectivity index (χ3n) is 2.63. The van der Waals surface area contributed by atoms with E-state index in [2.05, 4.69) is 77.5 Å². The Balaban J connectivity index is 2.75. The van der Waals surface area contributed by atoms with E-state index in [-0.39, 0.29) is 16.2 Å². The van der Waals surface area contributed by atoms with Crippen molar-refractivity contribution >= 4 is 0 Å². The lowest BCUT2D eigenvalue weighted by Gasteiger charge is -2.18. The molecule has 0 bridgehead atoms. The van der Waals surface area contributed by atoms with Crippen molar-refractivity contribution in [3.8, 4) is 11.8 Å². The zero-order valence-corrected chi connectivity index (χ0v) is 14.3. The largest absolute Gasteiger partial charge is 0.251 e. The van der Waals surface area contributed by atoms with Gasteiger partial charge in [-0.05, 0) is 46.5 Å². The van der Waals surface area contributed by atoms with Gasteiger partial charge >= 0.3 is 0 Å². The summed E-state index contributed by atoms with van der Waals surface area (Å²) < 4.78 is 1.92. The molecule has 0 N–H and O–H groups in total. The van der Waals surface area contributed by atoms with Gasteiger partial charge in [-0.1, -0.05) is 37.8 Å². The first-order valence-corrected chi connectivity index (χ1v) is 7.30. The van der Waals surface area contributed by atoms with Gasteiger partial charge in [-0.3, -0.25) is 4.68 Å². The highest BCUT2D eigenvalue weighted by molar-refractivity contribution is 5.14. The van der Waals surface area contributed by atoms with Crippen LogP contribution in [0.5, 0.6) is 0 Å². The molecule has 112 valence electrons. The van der Waals surface area contributed by atoms with E-state index in [9.17, 15) is 0 Å². The van der Waals surface area contributed by atoms with Crippen molar-refractivity contribution < 1.29 is 0 Å². The van der Waals surface area contributed by atoms with Crippen molar-refractivity contribution in [3.05, 3.63) is 11.9 Å². The highest BCUT2D eigenvalue weighted by atomic mass is 15.4. The van der Waals surface area contributed by atoms with Gasteiger partial charge in [0.2, 0.25) is 0 Å². The highest BCUT2D eigenvalue weighted by Gasteiger charge is 2.19. The van der Waals surface area contributed by atoms with Crippen LogP contribution < -0.4 is 0 Å². The zero-order chi connectivity index (χ0) is 15.6. The van der Waals surface area contributed by atoms with Crippen molar-refractivity contribution in [2.75, 3.05) is 0 Å². The van der Waals surface area contributed by atoms with Gasteiger partial charge in [-0.2, -0.15) is 0 Å². The predicted molar refractivity (Wildman–Crippen MR) is 84.2 cm³/mol. The molecular formula is C17H29N3. The van der Waals surface area contributed by atoms with E-state index in [1.54, 1.807) is 0 Å². The maximum atomic E-state index is 4.26. The monoisotopic (exact) mass is 275 g/mol. The number of hydrogen-bond donors (Lipinski definition) is 0. The predicted octanol–water partition coefficient (Wildman–Crippen LogP) is 3.94. The quantitative estimate of drug-likeness (QED) is 0.782. The second-order valence-corrected chi connectivity index (χ2v) is 8.53. The van der Waals surface area contributed by atoms with Crippen molar-refractivity contribution in [2.45, 2.75) is 68.4 Å². The van der Waals surface area contributed by atoms with Gasteiger partial charge in [0.1, 0.15) is 0 Å². The van der Waals surface area contributed by atoms with E-state index >= 15 is 0 Å². The minimum atomic E-state index is -0.0972. The first-order chi connectivity index (χ1) is 8.86. The molecule has 3 nitrogen and oxygen atoms in total. The van der Waals surface area contributed by atoms with Crippen LogP contribution in [0.25, 0.3) is 0 Å². The molecule has 0 aliphatic heterocycles. The molecule has 1 aromatic heterocycles. The topological polar surface area (TPSA) is 30.7 Å². The van der Waals surface area contributed by atoms with E-state index in [0.717, 1.165) is 18.7 Å². The Morgan fingerprint density at radius 3 is 2.10 bits per heavy atom. The summed E-state index contributed by atoms with van der Waals surface area (Å²) in [7, 11) is 0. The Labute approximate surface area is 124 Å². The minimum Gasteiger partial charge on any atom is -0.251 e. The molecule has 0 saturated heterocycles. The lowest BCUT2D eigenvalue weighted by Crippen LogP contribution is -2.19. The summed E-state index contributed by atoms with van der Waals surface area (Å²) >= 11 is 0. The Morgan fingerprint density at radius 2 is 1.60 bits per heavy atom. The van der Waals surface area contributed by atoms with E-state index in [1.807, 2.05) is 10.9 Å². The van der Waals surface area contributed by atoms with Crippen LogP contribution in [0.1, 0.15) is 61.1 Å². The average molecular weight is 275 g/mol. The number of hydrogen-bond acceptors (Lipinski definition) is 2.